The van der Waals surface area contributed by atoms with Crippen molar-refractivity contribution in [2.45, 2.75) is 45.1 Å². The number of rotatable bonds is 14. The maximum absolute atomic E-state index is 14.5. The number of fused-ring (bicyclic) bond motifs is 1. The molecule has 1 fully saturated rings. The molecular weight excluding hydrogens is 736 g/mol. The van der Waals surface area contributed by atoms with Gasteiger partial charge in [0, 0.05) is 71.4 Å². The predicted octanol–water partition coefficient (Wildman–Crippen LogP) is 6.53. The molecule has 1 aliphatic heterocycles. The van der Waals surface area contributed by atoms with E-state index in [4.69, 9.17) is 4.74 Å². The number of carbonyl (C=O) groups is 3. The fourth-order valence-electron chi connectivity index (χ4n) is 6.78. The van der Waals surface area contributed by atoms with Crippen LogP contribution in [0.15, 0.2) is 103 Å². The third kappa shape index (κ3) is 10.6. The van der Waals surface area contributed by atoms with E-state index in [0.29, 0.717) is 31.7 Å². The Morgan fingerprint density at radius 1 is 0.877 bits per heavy atom. The lowest BCUT2D eigenvalue weighted by molar-refractivity contribution is -0.143. The molecule has 1 aliphatic rings. The van der Waals surface area contributed by atoms with E-state index in [2.05, 4.69) is 20.3 Å². The number of H-pyrrole nitrogens is 1. The van der Waals surface area contributed by atoms with Gasteiger partial charge in [0.15, 0.2) is 0 Å². The Bertz CT molecular complexity index is 2150. The van der Waals surface area contributed by atoms with Crippen molar-refractivity contribution < 1.29 is 32.3 Å². The second kappa shape index (κ2) is 18.3. The molecule has 57 heavy (non-hydrogen) atoms. The Balaban J connectivity index is 1.23. The van der Waals surface area contributed by atoms with Gasteiger partial charge in [-0.2, -0.15) is 28.6 Å². The van der Waals surface area contributed by atoms with Crippen LogP contribution < -0.4 is 4.90 Å². The second-order valence-corrected chi connectivity index (χ2v) is 14.1. The Hall–Kier alpha value is -6.02. The molecule has 2 heterocycles. The van der Waals surface area contributed by atoms with Crippen LogP contribution in [-0.2, 0) is 38.3 Å². The van der Waals surface area contributed by atoms with Crippen molar-refractivity contribution in [3.8, 4) is 0 Å². The van der Waals surface area contributed by atoms with Crippen LogP contribution in [-0.4, -0.2) is 100 Å². The molecule has 1 saturated heterocycles. The van der Waals surface area contributed by atoms with Crippen LogP contribution >= 0.6 is 0 Å². The van der Waals surface area contributed by atoms with Gasteiger partial charge in [0.25, 0.3) is 0 Å². The first-order valence-corrected chi connectivity index (χ1v) is 18.8. The van der Waals surface area contributed by atoms with Crippen molar-refractivity contribution in [2.24, 2.45) is 0 Å². The van der Waals surface area contributed by atoms with Gasteiger partial charge in [-0.3, -0.25) is 14.4 Å². The molecule has 0 bridgehead atoms. The number of nitrogens with one attached hydrogen (secondary N) is 1. The predicted molar refractivity (Wildman–Crippen MR) is 212 cm³/mol. The molecule has 1 aromatic heterocycles. The van der Waals surface area contributed by atoms with Crippen LogP contribution in [0.4, 0.5) is 18.9 Å². The Morgan fingerprint density at radius 2 is 1.56 bits per heavy atom. The summed E-state index contributed by atoms with van der Waals surface area (Å²) in [6.07, 6.45) is -1.80. The fraction of sp³-hybridized carbons (Fsp3) is 0.326. The molecule has 0 saturated carbocycles. The van der Waals surface area contributed by atoms with Crippen LogP contribution in [0.25, 0.3) is 17.1 Å². The highest BCUT2D eigenvalue weighted by molar-refractivity contribution is 5.95. The van der Waals surface area contributed by atoms with Gasteiger partial charge in [0.2, 0.25) is 17.7 Å². The number of piperazine rings is 1. The van der Waals surface area contributed by atoms with Crippen molar-refractivity contribution in [3.05, 3.63) is 131 Å². The number of ether oxygens (including phenoxy) is 1. The third-order valence-corrected chi connectivity index (χ3v) is 10.2. The van der Waals surface area contributed by atoms with Crippen LogP contribution in [0.5, 0.6) is 0 Å². The fourth-order valence-corrected chi connectivity index (χ4v) is 6.78. The highest BCUT2D eigenvalue weighted by Crippen LogP contribution is 2.29. The SMILES string of the molecule is CC(=O)N1CCN(c2ccc(CN(C(=O)C=Cc3ccc(C(F)(F)F)cc3)C(Cc3ccccc3)C(=O)N(C)CCOC(C)c3ccc4n[nH]nc4c3)cc2)CC1. The van der Waals surface area contributed by atoms with E-state index in [9.17, 15) is 27.6 Å². The maximum atomic E-state index is 14.5. The number of carbonyl (C=O) groups excluding carboxylic acids is 3. The van der Waals surface area contributed by atoms with Crippen LogP contribution in [0, 0.1) is 0 Å². The highest BCUT2D eigenvalue weighted by Gasteiger charge is 2.32. The summed E-state index contributed by atoms with van der Waals surface area (Å²) in [7, 11) is 1.68. The van der Waals surface area contributed by atoms with Crippen molar-refractivity contribution >= 4 is 40.5 Å². The maximum Gasteiger partial charge on any atom is 0.416 e. The number of aromatic amines is 1. The Labute approximate surface area is 329 Å². The first kappa shape index (κ1) is 40.6. The number of anilines is 1. The summed E-state index contributed by atoms with van der Waals surface area (Å²) in [5, 5.41) is 10.8. The lowest BCUT2D eigenvalue weighted by Crippen LogP contribution is -2.51. The summed E-state index contributed by atoms with van der Waals surface area (Å²) >= 11 is 0. The number of hydrogen-bond acceptors (Lipinski definition) is 7. The standard InChI is InChI=1S/C43H46F3N7O4/c1-30(35-14-19-38-39(28-35)48-49-47-38)57-26-25-50(3)42(56)40(27-33-7-5-4-6-8-33)53(41(55)20-13-32-9-15-36(16-10-32)43(44,45)46)29-34-11-17-37(18-12-34)52-23-21-51(22-24-52)31(2)54/h4-20,28,30,40H,21-27,29H2,1-3H3,(H,47,48,49). The van der Waals surface area contributed by atoms with Crippen LogP contribution in [0.3, 0.4) is 0 Å². The zero-order chi connectivity index (χ0) is 40.5. The summed E-state index contributed by atoms with van der Waals surface area (Å²) in [4.78, 5) is 47.7. The number of nitrogens with zero attached hydrogens (tertiary/aromatic N) is 6. The number of benzene rings is 4. The Morgan fingerprint density at radius 3 is 2.23 bits per heavy atom. The zero-order valence-corrected chi connectivity index (χ0v) is 32.2. The molecule has 0 aliphatic carbocycles. The van der Waals surface area contributed by atoms with Crippen molar-refractivity contribution in [2.75, 3.05) is 51.3 Å². The number of halogens is 3. The molecule has 1 N–H and O–H groups in total. The average molecular weight is 782 g/mol. The van der Waals surface area contributed by atoms with Crippen molar-refractivity contribution in [3.63, 3.8) is 0 Å². The van der Waals surface area contributed by atoms with Gasteiger partial charge in [0.05, 0.1) is 18.3 Å². The van der Waals surface area contributed by atoms with Crippen LogP contribution in [0.1, 0.15) is 47.8 Å². The highest BCUT2D eigenvalue weighted by atomic mass is 19.4. The summed E-state index contributed by atoms with van der Waals surface area (Å²) in [5.74, 6) is -0.721. The topological polar surface area (TPSA) is 115 Å². The molecule has 298 valence electrons. The number of likely N-dealkylation sites (N-methyl/N-ethyl adjacent to an activating group) is 1. The van der Waals surface area contributed by atoms with E-state index < -0.39 is 23.7 Å². The second-order valence-electron chi connectivity index (χ2n) is 14.1. The zero-order valence-electron chi connectivity index (χ0n) is 32.2. The van der Waals surface area contributed by atoms with E-state index in [1.165, 1.54) is 29.2 Å². The molecule has 5 aromatic rings. The van der Waals surface area contributed by atoms with Gasteiger partial charge in [-0.05, 0) is 71.7 Å². The summed E-state index contributed by atoms with van der Waals surface area (Å²) in [5.41, 5.74) is 4.61. The monoisotopic (exact) mass is 781 g/mol. The number of hydrogen-bond donors (Lipinski definition) is 1. The molecule has 2 unspecified atom stereocenters. The summed E-state index contributed by atoms with van der Waals surface area (Å²) in [6.45, 7) is 6.69. The van der Waals surface area contributed by atoms with Crippen LogP contribution in [0.2, 0.25) is 0 Å². The normalized spacial score (nSPS) is 14.5. The quantitative estimate of drug-likeness (QED) is 0.128. The smallest absolute Gasteiger partial charge is 0.372 e. The molecule has 6 rings (SSSR count). The van der Waals surface area contributed by atoms with E-state index in [-0.39, 0.29) is 44.0 Å². The van der Waals surface area contributed by atoms with Crippen molar-refractivity contribution in [1.29, 1.82) is 0 Å². The number of aromatic nitrogens is 3. The minimum Gasteiger partial charge on any atom is -0.372 e. The molecule has 0 radical (unpaired) electrons. The molecule has 0 spiro atoms. The third-order valence-electron chi connectivity index (χ3n) is 10.2. The van der Waals surface area contributed by atoms with Gasteiger partial charge in [0.1, 0.15) is 17.1 Å². The summed E-state index contributed by atoms with van der Waals surface area (Å²) in [6, 6.07) is 26.5. The molecular formula is C43H46F3N7O4. The minimum atomic E-state index is -4.49. The largest absolute Gasteiger partial charge is 0.416 e. The first-order valence-electron chi connectivity index (χ1n) is 18.8. The lowest BCUT2D eigenvalue weighted by atomic mass is 10.0. The van der Waals surface area contributed by atoms with Gasteiger partial charge in [-0.1, -0.05) is 60.7 Å². The van der Waals surface area contributed by atoms with Gasteiger partial charge in [-0.25, -0.2) is 0 Å². The van der Waals surface area contributed by atoms with Gasteiger partial charge < -0.3 is 24.3 Å². The first-order chi connectivity index (χ1) is 27.4. The number of alkyl halides is 3. The van der Waals surface area contributed by atoms with E-state index in [0.717, 1.165) is 45.5 Å². The van der Waals surface area contributed by atoms with E-state index in [1.807, 2.05) is 84.6 Å². The molecule has 11 nitrogen and oxygen atoms in total. The lowest BCUT2D eigenvalue weighted by Gasteiger charge is -2.36. The molecule has 2 atom stereocenters. The van der Waals surface area contributed by atoms with Gasteiger partial charge >= 0.3 is 6.18 Å². The molecule has 14 heteroatoms. The van der Waals surface area contributed by atoms with E-state index in [1.54, 1.807) is 18.9 Å². The minimum absolute atomic E-state index is 0.0517. The van der Waals surface area contributed by atoms with Crippen molar-refractivity contribution in [1.82, 2.24) is 30.1 Å². The summed E-state index contributed by atoms with van der Waals surface area (Å²) < 4.78 is 45.8. The number of amides is 3. The van der Waals surface area contributed by atoms with Gasteiger partial charge in [-0.15, -0.1) is 0 Å². The molecule has 3 amide bonds. The molecule has 4 aromatic carbocycles. The average Bonchev–Trinajstić information content (AvgIpc) is 3.70. The van der Waals surface area contributed by atoms with E-state index >= 15 is 0 Å². The Kier molecular flexibility index (Phi) is 13.0.